The van der Waals surface area contributed by atoms with Crippen LogP contribution in [0, 0.1) is 5.82 Å². The monoisotopic (exact) mass is 224 g/mol. The third-order valence-electron chi connectivity index (χ3n) is 2.43. The van der Waals surface area contributed by atoms with Crippen molar-refractivity contribution < 1.29 is 13.9 Å². The Hall–Kier alpha value is -1.38. The van der Waals surface area contributed by atoms with Crippen LogP contribution in [0.3, 0.4) is 0 Å². The Morgan fingerprint density at radius 1 is 1.44 bits per heavy atom. The first-order valence-electron chi connectivity index (χ1n) is 5.31. The van der Waals surface area contributed by atoms with E-state index in [0.29, 0.717) is 5.75 Å². The lowest BCUT2D eigenvalue weighted by molar-refractivity contribution is -0.116. The number of methoxy groups -OCH3 is 1. The molecule has 0 bridgehead atoms. The highest BCUT2D eigenvalue weighted by Crippen LogP contribution is 2.31. The number of rotatable bonds is 4. The van der Waals surface area contributed by atoms with Gasteiger partial charge in [0.25, 0.3) is 0 Å². The smallest absolute Gasteiger partial charge is 0.134 e. The molecule has 1 aromatic carbocycles. The van der Waals surface area contributed by atoms with Crippen LogP contribution in [0.25, 0.3) is 0 Å². The highest BCUT2D eigenvalue weighted by molar-refractivity contribution is 5.79. The second-order valence-electron chi connectivity index (χ2n) is 4.21. The summed E-state index contributed by atoms with van der Waals surface area (Å²) in [6.45, 7) is 5.50. The Kier molecular flexibility index (Phi) is 4.05. The number of ether oxygens (including phenoxy) is 1. The molecule has 2 nitrogen and oxygen atoms in total. The van der Waals surface area contributed by atoms with Crippen LogP contribution in [0.4, 0.5) is 4.39 Å². The molecule has 3 heteroatoms. The highest BCUT2D eigenvalue weighted by atomic mass is 19.1. The summed E-state index contributed by atoms with van der Waals surface area (Å²) in [7, 11) is 1.51. The summed E-state index contributed by atoms with van der Waals surface area (Å²) in [5, 5.41) is 0. The Balaban J connectivity index is 3.32. The molecule has 0 amide bonds. The van der Waals surface area contributed by atoms with Crippen LogP contribution in [-0.4, -0.2) is 12.9 Å². The van der Waals surface area contributed by atoms with E-state index in [-0.39, 0.29) is 23.9 Å². The van der Waals surface area contributed by atoms with Gasteiger partial charge in [0.1, 0.15) is 17.3 Å². The zero-order valence-corrected chi connectivity index (χ0v) is 10.1. The van der Waals surface area contributed by atoms with Gasteiger partial charge in [-0.25, -0.2) is 4.39 Å². The van der Waals surface area contributed by atoms with Crippen LogP contribution in [-0.2, 0) is 11.2 Å². The molecule has 1 rings (SSSR count). The van der Waals surface area contributed by atoms with Gasteiger partial charge in [0.15, 0.2) is 0 Å². The van der Waals surface area contributed by atoms with Crippen molar-refractivity contribution in [1.29, 1.82) is 0 Å². The standard InChI is InChI=1S/C13H17FO2/c1-8(2)13-10(5-9(3)15)6-11(14)7-12(13)16-4/h6-8H,5H2,1-4H3. The first-order valence-corrected chi connectivity index (χ1v) is 5.31. The predicted molar refractivity (Wildman–Crippen MR) is 61.4 cm³/mol. The van der Waals surface area contributed by atoms with Gasteiger partial charge in [0, 0.05) is 18.1 Å². The second-order valence-corrected chi connectivity index (χ2v) is 4.21. The molecule has 0 saturated carbocycles. The molecule has 0 unspecified atom stereocenters. The van der Waals surface area contributed by atoms with Crippen molar-refractivity contribution in [3.63, 3.8) is 0 Å². The number of halogens is 1. The fourth-order valence-corrected chi connectivity index (χ4v) is 1.89. The van der Waals surface area contributed by atoms with Crippen LogP contribution < -0.4 is 4.74 Å². The lowest BCUT2D eigenvalue weighted by atomic mass is 9.93. The molecule has 88 valence electrons. The molecule has 0 heterocycles. The van der Waals surface area contributed by atoms with Crippen molar-refractivity contribution in [3.8, 4) is 5.75 Å². The van der Waals surface area contributed by atoms with E-state index in [4.69, 9.17) is 4.74 Å². The lowest BCUT2D eigenvalue weighted by Crippen LogP contribution is -2.05. The van der Waals surface area contributed by atoms with Crippen molar-refractivity contribution in [2.45, 2.75) is 33.1 Å². The summed E-state index contributed by atoms with van der Waals surface area (Å²) in [4.78, 5) is 11.1. The van der Waals surface area contributed by atoms with Gasteiger partial charge < -0.3 is 4.74 Å². The predicted octanol–water partition coefficient (Wildman–Crippen LogP) is 3.09. The number of Topliss-reactive ketones (excluding diaryl/α,β-unsaturated/α-hetero) is 1. The molecule has 0 atom stereocenters. The molecule has 0 aliphatic rings. The molecule has 0 saturated heterocycles. The minimum atomic E-state index is -0.363. The Morgan fingerprint density at radius 2 is 2.06 bits per heavy atom. The number of hydrogen-bond acceptors (Lipinski definition) is 2. The summed E-state index contributed by atoms with van der Waals surface area (Å²) >= 11 is 0. The summed E-state index contributed by atoms with van der Waals surface area (Å²) in [6, 6.07) is 2.78. The first-order chi connectivity index (χ1) is 7.45. The van der Waals surface area contributed by atoms with Crippen LogP contribution in [0.5, 0.6) is 5.75 Å². The molecular formula is C13H17FO2. The molecule has 0 spiro atoms. The minimum Gasteiger partial charge on any atom is -0.496 e. The third-order valence-corrected chi connectivity index (χ3v) is 2.43. The normalized spacial score (nSPS) is 10.6. The quantitative estimate of drug-likeness (QED) is 0.785. The largest absolute Gasteiger partial charge is 0.496 e. The third kappa shape index (κ3) is 2.81. The fraction of sp³-hybridized carbons (Fsp3) is 0.462. The van der Waals surface area contributed by atoms with Crippen LogP contribution in [0.2, 0.25) is 0 Å². The average molecular weight is 224 g/mol. The maximum atomic E-state index is 13.3. The average Bonchev–Trinajstić information content (AvgIpc) is 2.14. The van der Waals surface area contributed by atoms with E-state index in [9.17, 15) is 9.18 Å². The number of carbonyl (C=O) groups is 1. The molecule has 0 N–H and O–H groups in total. The Morgan fingerprint density at radius 3 is 2.50 bits per heavy atom. The van der Waals surface area contributed by atoms with E-state index in [1.54, 1.807) is 0 Å². The van der Waals surface area contributed by atoms with Crippen LogP contribution in [0.1, 0.15) is 37.8 Å². The zero-order valence-electron chi connectivity index (χ0n) is 10.1. The van der Waals surface area contributed by atoms with Gasteiger partial charge in [-0.3, -0.25) is 4.79 Å². The number of carbonyl (C=O) groups excluding carboxylic acids is 1. The number of hydrogen-bond donors (Lipinski definition) is 0. The van der Waals surface area contributed by atoms with Gasteiger partial charge in [0.2, 0.25) is 0 Å². The molecule has 0 radical (unpaired) electrons. The van der Waals surface area contributed by atoms with Gasteiger partial charge in [-0.2, -0.15) is 0 Å². The zero-order chi connectivity index (χ0) is 12.3. The van der Waals surface area contributed by atoms with Crippen molar-refractivity contribution >= 4 is 5.78 Å². The first kappa shape index (κ1) is 12.7. The number of benzene rings is 1. The maximum Gasteiger partial charge on any atom is 0.134 e. The molecular weight excluding hydrogens is 207 g/mol. The van der Waals surface area contributed by atoms with Crippen molar-refractivity contribution in [2.75, 3.05) is 7.11 Å². The Bertz CT molecular complexity index is 397. The SMILES string of the molecule is COc1cc(F)cc(CC(C)=O)c1C(C)C. The molecule has 0 aliphatic heterocycles. The summed E-state index contributed by atoms with van der Waals surface area (Å²) in [5.74, 6) is 0.378. The lowest BCUT2D eigenvalue weighted by Gasteiger charge is -2.16. The summed E-state index contributed by atoms with van der Waals surface area (Å²) in [5.41, 5.74) is 1.64. The van der Waals surface area contributed by atoms with Gasteiger partial charge in [0.05, 0.1) is 7.11 Å². The Labute approximate surface area is 95.4 Å². The summed E-state index contributed by atoms with van der Waals surface area (Å²) < 4.78 is 18.5. The van der Waals surface area contributed by atoms with Crippen molar-refractivity contribution in [3.05, 3.63) is 29.1 Å². The number of ketones is 1. The molecule has 1 aromatic rings. The minimum absolute atomic E-state index is 0.0227. The molecule has 16 heavy (non-hydrogen) atoms. The second kappa shape index (κ2) is 5.10. The molecule has 0 fully saturated rings. The van der Waals surface area contributed by atoms with Crippen molar-refractivity contribution in [2.24, 2.45) is 0 Å². The fourth-order valence-electron chi connectivity index (χ4n) is 1.89. The van der Waals surface area contributed by atoms with Crippen molar-refractivity contribution in [1.82, 2.24) is 0 Å². The van der Waals surface area contributed by atoms with E-state index < -0.39 is 0 Å². The molecule has 0 aliphatic carbocycles. The van der Waals surface area contributed by atoms with E-state index in [1.165, 1.54) is 26.2 Å². The van der Waals surface area contributed by atoms with Gasteiger partial charge >= 0.3 is 0 Å². The van der Waals surface area contributed by atoms with Gasteiger partial charge in [-0.1, -0.05) is 13.8 Å². The summed E-state index contributed by atoms with van der Waals surface area (Å²) in [6.07, 6.45) is 0.252. The van der Waals surface area contributed by atoms with E-state index in [1.807, 2.05) is 13.8 Å². The van der Waals surface area contributed by atoms with Gasteiger partial charge in [-0.15, -0.1) is 0 Å². The van der Waals surface area contributed by atoms with Crippen LogP contribution >= 0.6 is 0 Å². The van der Waals surface area contributed by atoms with Gasteiger partial charge in [-0.05, 0) is 24.5 Å². The topological polar surface area (TPSA) is 26.3 Å². The molecule has 0 aromatic heterocycles. The van der Waals surface area contributed by atoms with E-state index in [0.717, 1.165) is 11.1 Å². The van der Waals surface area contributed by atoms with Crippen LogP contribution in [0.15, 0.2) is 12.1 Å². The maximum absolute atomic E-state index is 13.3. The highest BCUT2D eigenvalue weighted by Gasteiger charge is 2.15. The van der Waals surface area contributed by atoms with E-state index in [2.05, 4.69) is 0 Å². The van der Waals surface area contributed by atoms with E-state index >= 15 is 0 Å².